The molecule has 0 spiro atoms. The van der Waals surface area contributed by atoms with Gasteiger partial charge in [0.25, 0.3) is 0 Å². The summed E-state index contributed by atoms with van der Waals surface area (Å²) >= 11 is 0. The Kier molecular flexibility index (Phi) is 3.57. The lowest BCUT2D eigenvalue weighted by atomic mass is 9.97. The minimum absolute atomic E-state index is 0.0380. The minimum atomic E-state index is -0.792. The molecule has 0 bridgehead atoms. The van der Waals surface area contributed by atoms with E-state index in [1.165, 1.54) is 4.57 Å². The molecule has 1 amide bonds. The average Bonchev–Trinajstić information content (AvgIpc) is 3.25. The molecule has 1 aromatic heterocycles. The molecule has 7 heteroatoms. The third-order valence-corrected chi connectivity index (χ3v) is 4.32. The molecule has 3 rings (SSSR count). The van der Waals surface area contributed by atoms with Gasteiger partial charge >= 0.3 is 11.7 Å². The number of carboxylic acids is 1. The predicted octanol–water partition coefficient (Wildman–Crippen LogP) is 0.308. The standard InChI is InChI=1S/C14H19N3O4/c18-12(15-5-3-10(4-6-15)13(19)20)9-16-7-8-17(14(16)21)11-1-2-11/h7-8,10-11H,1-6,9H2,(H,19,20). The maximum atomic E-state index is 12.2. The van der Waals surface area contributed by atoms with Crippen LogP contribution in [0.4, 0.5) is 0 Å². The van der Waals surface area contributed by atoms with Crippen molar-refractivity contribution in [1.82, 2.24) is 14.0 Å². The van der Waals surface area contributed by atoms with Crippen LogP contribution in [0.5, 0.6) is 0 Å². The number of aromatic nitrogens is 2. The van der Waals surface area contributed by atoms with E-state index in [-0.39, 0.29) is 24.1 Å². The zero-order valence-electron chi connectivity index (χ0n) is 11.8. The van der Waals surface area contributed by atoms with Crippen molar-refractivity contribution in [2.45, 2.75) is 38.3 Å². The fourth-order valence-electron chi connectivity index (χ4n) is 2.80. The van der Waals surface area contributed by atoms with Gasteiger partial charge in [-0.25, -0.2) is 4.79 Å². The fraction of sp³-hybridized carbons (Fsp3) is 0.643. The first-order chi connectivity index (χ1) is 10.1. The van der Waals surface area contributed by atoms with E-state index in [4.69, 9.17) is 5.11 Å². The average molecular weight is 293 g/mol. The first-order valence-electron chi connectivity index (χ1n) is 7.34. The van der Waals surface area contributed by atoms with Crippen LogP contribution in [0.2, 0.25) is 0 Å². The molecule has 21 heavy (non-hydrogen) atoms. The molecular weight excluding hydrogens is 274 g/mol. The highest BCUT2D eigenvalue weighted by Gasteiger charge is 2.28. The number of imidazole rings is 1. The normalized spacial score (nSPS) is 19.7. The number of amides is 1. The molecule has 0 radical (unpaired) electrons. The molecule has 2 aliphatic rings. The summed E-state index contributed by atoms with van der Waals surface area (Å²) in [5.74, 6) is -1.26. The maximum absolute atomic E-state index is 12.2. The van der Waals surface area contributed by atoms with Crippen molar-refractivity contribution in [3.63, 3.8) is 0 Å². The van der Waals surface area contributed by atoms with Gasteiger partial charge in [0.2, 0.25) is 5.91 Å². The third kappa shape index (κ3) is 2.86. The van der Waals surface area contributed by atoms with E-state index in [1.54, 1.807) is 21.9 Å². The zero-order chi connectivity index (χ0) is 15.0. The lowest BCUT2D eigenvalue weighted by molar-refractivity contribution is -0.145. The molecule has 1 saturated carbocycles. The molecule has 1 saturated heterocycles. The van der Waals surface area contributed by atoms with Crippen molar-refractivity contribution in [1.29, 1.82) is 0 Å². The Bertz CT molecular complexity index is 606. The van der Waals surface area contributed by atoms with Crippen molar-refractivity contribution in [2.75, 3.05) is 13.1 Å². The molecule has 0 unspecified atom stereocenters. The van der Waals surface area contributed by atoms with E-state index >= 15 is 0 Å². The van der Waals surface area contributed by atoms with Crippen molar-refractivity contribution in [3.05, 3.63) is 22.9 Å². The topological polar surface area (TPSA) is 84.5 Å². The van der Waals surface area contributed by atoms with Crippen molar-refractivity contribution in [3.8, 4) is 0 Å². The number of hydrogen-bond donors (Lipinski definition) is 1. The van der Waals surface area contributed by atoms with Gasteiger partial charge in [-0.05, 0) is 25.7 Å². The summed E-state index contributed by atoms with van der Waals surface area (Å²) in [6.45, 7) is 0.943. The van der Waals surface area contributed by atoms with Gasteiger partial charge in [-0.15, -0.1) is 0 Å². The zero-order valence-corrected chi connectivity index (χ0v) is 11.8. The number of hydrogen-bond acceptors (Lipinski definition) is 3. The van der Waals surface area contributed by atoms with Gasteiger partial charge < -0.3 is 10.0 Å². The van der Waals surface area contributed by atoms with Gasteiger partial charge in [0.05, 0.1) is 5.92 Å². The number of likely N-dealkylation sites (tertiary alicyclic amines) is 1. The smallest absolute Gasteiger partial charge is 0.328 e. The van der Waals surface area contributed by atoms with Crippen LogP contribution in [0.25, 0.3) is 0 Å². The molecule has 2 heterocycles. The van der Waals surface area contributed by atoms with E-state index in [2.05, 4.69) is 0 Å². The van der Waals surface area contributed by atoms with Gasteiger partial charge in [0, 0.05) is 31.5 Å². The summed E-state index contributed by atoms with van der Waals surface area (Å²) in [7, 11) is 0. The number of carbonyl (C=O) groups is 2. The molecule has 7 nitrogen and oxygen atoms in total. The number of aliphatic carboxylic acids is 1. The van der Waals surface area contributed by atoms with Crippen LogP contribution < -0.4 is 5.69 Å². The number of carboxylic acid groups (broad SMARTS) is 1. The fourth-order valence-corrected chi connectivity index (χ4v) is 2.80. The Morgan fingerprint density at radius 2 is 1.81 bits per heavy atom. The first-order valence-corrected chi connectivity index (χ1v) is 7.34. The SMILES string of the molecule is O=C(O)C1CCN(C(=O)Cn2ccn(C3CC3)c2=O)CC1. The van der Waals surface area contributed by atoms with Gasteiger partial charge in [-0.1, -0.05) is 0 Å². The van der Waals surface area contributed by atoms with Gasteiger partial charge in [-0.3, -0.25) is 18.7 Å². The maximum Gasteiger partial charge on any atom is 0.328 e. The molecule has 1 aliphatic heterocycles. The van der Waals surface area contributed by atoms with Crippen LogP contribution in [0.15, 0.2) is 17.2 Å². The summed E-state index contributed by atoms with van der Waals surface area (Å²) in [5.41, 5.74) is -0.133. The van der Waals surface area contributed by atoms with E-state index in [0.29, 0.717) is 32.0 Å². The quantitative estimate of drug-likeness (QED) is 0.865. The van der Waals surface area contributed by atoms with Crippen LogP contribution >= 0.6 is 0 Å². The Hall–Kier alpha value is -2.05. The summed E-state index contributed by atoms with van der Waals surface area (Å²) in [5, 5.41) is 8.94. The van der Waals surface area contributed by atoms with Crippen LogP contribution in [0, 0.1) is 5.92 Å². The van der Waals surface area contributed by atoms with Crippen LogP contribution in [-0.4, -0.2) is 44.1 Å². The monoisotopic (exact) mass is 293 g/mol. The van der Waals surface area contributed by atoms with Crippen molar-refractivity contribution < 1.29 is 14.7 Å². The predicted molar refractivity (Wildman–Crippen MR) is 73.9 cm³/mol. The van der Waals surface area contributed by atoms with E-state index in [0.717, 1.165) is 12.8 Å². The second-order valence-electron chi connectivity index (χ2n) is 5.84. The highest BCUT2D eigenvalue weighted by atomic mass is 16.4. The Morgan fingerprint density at radius 3 is 2.38 bits per heavy atom. The van der Waals surface area contributed by atoms with E-state index < -0.39 is 5.97 Å². The molecule has 114 valence electrons. The molecule has 0 atom stereocenters. The Morgan fingerprint density at radius 1 is 1.14 bits per heavy atom. The minimum Gasteiger partial charge on any atom is -0.481 e. The lowest BCUT2D eigenvalue weighted by Crippen LogP contribution is -2.42. The van der Waals surface area contributed by atoms with Crippen molar-refractivity contribution in [2.24, 2.45) is 5.92 Å². The molecule has 2 fully saturated rings. The van der Waals surface area contributed by atoms with Crippen molar-refractivity contribution >= 4 is 11.9 Å². The third-order valence-electron chi connectivity index (χ3n) is 4.32. The number of nitrogens with zero attached hydrogens (tertiary/aromatic N) is 3. The second-order valence-corrected chi connectivity index (χ2v) is 5.84. The lowest BCUT2D eigenvalue weighted by Gasteiger charge is -2.30. The summed E-state index contributed by atoms with van der Waals surface area (Å²) in [4.78, 5) is 36.8. The summed E-state index contributed by atoms with van der Waals surface area (Å²) in [6, 6.07) is 0.306. The summed E-state index contributed by atoms with van der Waals surface area (Å²) < 4.78 is 3.12. The number of carbonyl (C=O) groups excluding carboxylic acids is 1. The molecule has 1 aromatic rings. The number of piperidine rings is 1. The first kappa shape index (κ1) is 13.9. The molecule has 0 aromatic carbocycles. The molecular formula is C14H19N3O4. The van der Waals surface area contributed by atoms with Gasteiger partial charge in [-0.2, -0.15) is 0 Å². The molecule has 1 N–H and O–H groups in total. The largest absolute Gasteiger partial charge is 0.481 e. The van der Waals surface area contributed by atoms with Crippen LogP contribution in [0.1, 0.15) is 31.7 Å². The van der Waals surface area contributed by atoms with Crippen LogP contribution in [-0.2, 0) is 16.1 Å². The number of rotatable bonds is 4. The van der Waals surface area contributed by atoms with E-state index in [1.807, 2.05) is 0 Å². The summed E-state index contributed by atoms with van der Waals surface area (Å²) in [6.07, 6.45) is 6.42. The van der Waals surface area contributed by atoms with Crippen LogP contribution in [0.3, 0.4) is 0 Å². The highest BCUT2D eigenvalue weighted by molar-refractivity contribution is 5.76. The Labute approximate surface area is 121 Å². The van der Waals surface area contributed by atoms with Gasteiger partial charge in [0.1, 0.15) is 6.54 Å². The van der Waals surface area contributed by atoms with Gasteiger partial charge in [0.15, 0.2) is 0 Å². The Balaban J connectivity index is 1.59. The van der Waals surface area contributed by atoms with E-state index in [9.17, 15) is 14.4 Å². The highest BCUT2D eigenvalue weighted by Crippen LogP contribution is 2.33. The molecule has 1 aliphatic carbocycles. The second kappa shape index (κ2) is 5.38.